The van der Waals surface area contributed by atoms with Crippen molar-refractivity contribution in [3.63, 3.8) is 0 Å². The average Bonchev–Trinajstić information content (AvgIpc) is 3.02. The van der Waals surface area contributed by atoms with Crippen LogP contribution in [0.5, 0.6) is 11.5 Å². The van der Waals surface area contributed by atoms with Crippen molar-refractivity contribution in [2.75, 3.05) is 11.8 Å². The zero-order valence-electron chi connectivity index (χ0n) is 18.1. The number of hydrogen-bond donors (Lipinski definition) is 1. The van der Waals surface area contributed by atoms with Crippen LogP contribution in [0.25, 0.3) is 11.0 Å². The maximum absolute atomic E-state index is 13.3. The van der Waals surface area contributed by atoms with Crippen molar-refractivity contribution in [2.24, 2.45) is 14.1 Å². The molecule has 0 fully saturated rings. The summed E-state index contributed by atoms with van der Waals surface area (Å²) < 4.78 is 42.6. The predicted molar refractivity (Wildman–Crippen MR) is 123 cm³/mol. The molecule has 0 atom stereocenters. The molecule has 0 saturated heterocycles. The number of ether oxygens (including phenoxy) is 2. The van der Waals surface area contributed by atoms with Crippen molar-refractivity contribution in [3.8, 4) is 11.5 Å². The Balaban J connectivity index is 1.87. The van der Waals surface area contributed by atoms with Crippen molar-refractivity contribution >= 4 is 32.7 Å². The first-order valence-corrected chi connectivity index (χ1v) is 11.3. The van der Waals surface area contributed by atoms with E-state index in [9.17, 15) is 18.0 Å². The third-order valence-electron chi connectivity index (χ3n) is 5.17. The van der Waals surface area contributed by atoms with Gasteiger partial charge in [0, 0.05) is 20.2 Å². The fraction of sp³-hybridized carbons (Fsp3) is 0.130. The Morgan fingerprint density at radius 3 is 2.18 bits per heavy atom. The summed E-state index contributed by atoms with van der Waals surface area (Å²) in [6, 6.07) is 17.7. The SMILES string of the molecule is COC(=O)c1ccccc1S(=O)(=O)Nc1cc2c(cc1Oc1ccccc1)n(C)c(=O)n2C. The molecule has 4 rings (SSSR count). The van der Waals surface area contributed by atoms with Crippen LogP contribution >= 0.6 is 0 Å². The maximum atomic E-state index is 13.3. The molecule has 33 heavy (non-hydrogen) atoms. The smallest absolute Gasteiger partial charge is 0.339 e. The first-order valence-electron chi connectivity index (χ1n) is 9.85. The van der Waals surface area contributed by atoms with Crippen LogP contribution in [0.2, 0.25) is 0 Å². The van der Waals surface area contributed by atoms with Gasteiger partial charge in [-0.25, -0.2) is 18.0 Å². The fourth-order valence-electron chi connectivity index (χ4n) is 3.49. The van der Waals surface area contributed by atoms with E-state index in [4.69, 9.17) is 9.47 Å². The second-order valence-electron chi connectivity index (χ2n) is 7.25. The molecule has 0 amide bonds. The number of nitrogens with zero attached hydrogens (tertiary/aromatic N) is 2. The Labute approximate surface area is 189 Å². The molecule has 1 N–H and O–H groups in total. The highest BCUT2D eigenvalue weighted by Gasteiger charge is 2.25. The van der Waals surface area contributed by atoms with Gasteiger partial charge in [-0.15, -0.1) is 0 Å². The number of aromatic nitrogens is 2. The predicted octanol–water partition coefficient (Wildman–Crippen LogP) is 3.26. The molecule has 9 nitrogen and oxygen atoms in total. The van der Waals surface area contributed by atoms with Gasteiger partial charge in [0.05, 0.1) is 29.4 Å². The van der Waals surface area contributed by atoms with Gasteiger partial charge in [0.15, 0.2) is 5.75 Å². The second kappa shape index (κ2) is 8.47. The standard InChI is InChI=1S/C23H21N3O6S/c1-25-18-13-17(24-33(29,30)21-12-8-7-11-16(21)22(27)31-3)20(14-19(18)26(2)23(25)28)32-15-9-5-4-6-10-15/h4-14,24H,1-3H3. The number of benzene rings is 3. The number of imidazole rings is 1. The molecule has 1 aromatic heterocycles. The zero-order valence-corrected chi connectivity index (χ0v) is 18.9. The molecule has 0 aliphatic carbocycles. The summed E-state index contributed by atoms with van der Waals surface area (Å²) in [5, 5.41) is 0. The van der Waals surface area contributed by atoms with Crippen molar-refractivity contribution < 1.29 is 22.7 Å². The summed E-state index contributed by atoms with van der Waals surface area (Å²) in [5.74, 6) is -0.111. The highest BCUT2D eigenvalue weighted by molar-refractivity contribution is 7.92. The lowest BCUT2D eigenvalue weighted by Gasteiger charge is -2.15. The first-order chi connectivity index (χ1) is 15.7. The van der Waals surface area contributed by atoms with E-state index < -0.39 is 16.0 Å². The van der Waals surface area contributed by atoms with Crippen LogP contribution in [0, 0.1) is 0 Å². The van der Waals surface area contributed by atoms with Gasteiger partial charge in [-0.3, -0.25) is 13.9 Å². The largest absolute Gasteiger partial charge is 0.465 e. The Hall–Kier alpha value is -4.05. The van der Waals surface area contributed by atoms with E-state index >= 15 is 0 Å². The van der Waals surface area contributed by atoms with Gasteiger partial charge in [-0.1, -0.05) is 30.3 Å². The molecule has 10 heteroatoms. The fourth-order valence-corrected chi connectivity index (χ4v) is 4.74. The Morgan fingerprint density at radius 1 is 0.909 bits per heavy atom. The van der Waals surface area contributed by atoms with E-state index in [0.717, 1.165) is 0 Å². The van der Waals surface area contributed by atoms with E-state index in [1.807, 2.05) is 6.07 Å². The lowest BCUT2D eigenvalue weighted by atomic mass is 10.2. The molecule has 0 radical (unpaired) electrons. The van der Waals surface area contributed by atoms with Crippen LogP contribution < -0.4 is 15.1 Å². The number of anilines is 1. The second-order valence-corrected chi connectivity index (χ2v) is 8.90. The van der Waals surface area contributed by atoms with Crippen LogP contribution in [0.4, 0.5) is 5.69 Å². The minimum Gasteiger partial charge on any atom is -0.465 e. The molecule has 3 aromatic carbocycles. The monoisotopic (exact) mass is 467 g/mol. The van der Waals surface area contributed by atoms with Crippen molar-refractivity contribution in [1.29, 1.82) is 0 Å². The molecule has 0 spiro atoms. The summed E-state index contributed by atoms with van der Waals surface area (Å²) in [5.41, 5.74) is 0.790. The minimum absolute atomic E-state index is 0.104. The van der Waals surface area contributed by atoms with E-state index in [1.165, 1.54) is 40.5 Å². The van der Waals surface area contributed by atoms with Crippen LogP contribution in [-0.2, 0) is 28.9 Å². The molecule has 0 aliphatic rings. The molecule has 4 aromatic rings. The normalized spacial score (nSPS) is 11.4. The van der Waals surface area contributed by atoms with Gasteiger partial charge < -0.3 is 9.47 Å². The zero-order chi connectivity index (χ0) is 23.8. The van der Waals surface area contributed by atoms with Crippen molar-refractivity contribution in [3.05, 3.63) is 82.8 Å². The quantitative estimate of drug-likeness (QED) is 0.436. The van der Waals surface area contributed by atoms with E-state index in [2.05, 4.69) is 4.72 Å². The number of aryl methyl sites for hydroxylation is 2. The Kier molecular flexibility index (Phi) is 5.69. The molecule has 1 heterocycles. The molecular formula is C23H21N3O6S. The van der Waals surface area contributed by atoms with Crippen LogP contribution in [0.3, 0.4) is 0 Å². The summed E-state index contributed by atoms with van der Waals surface area (Å²) >= 11 is 0. The van der Waals surface area contributed by atoms with Crippen LogP contribution in [0.1, 0.15) is 10.4 Å². The first kappa shape index (κ1) is 22.2. The number of para-hydroxylation sites is 1. The van der Waals surface area contributed by atoms with E-state index in [1.54, 1.807) is 50.5 Å². The highest BCUT2D eigenvalue weighted by atomic mass is 32.2. The molecular weight excluding hydrogens is 446 g/mol. The van der Waals surface area contributed by atoms with Crippen LogP contribution in [-0.4, -0.2) is 30.6 Å². The number of hydrogen-bond acceptors (Lipinski definition) is 6. The summed E-state index contributed by atoms with van der Waals surface area (Å²) in [6.07, 6.45) is 0. The number of fused-ring (bicyclic) bond motifs is 1. The number of sulfonamides is 1. The van der Waals surface area contributed by atoms with E-state index in [0.29, 0.717) is 16.8 Å². The Morgan fingerprint density at radius 2 is 1.52 bits per heavy atom. The topological polar surface area (TPSA) is 109 Å². The average molecular weight is 468 g/mol. The van der Waals surface area contributed by atoms with Gasteiger partial charge in [0.1, 0.15) is 10.6 Å². The number of carbonyl (C=O) groups is 1. The third-order valence-corrected chi connectivity index (χ3v) is 6.59. The molecule has 170 valence electrons. The van der Waals surface area contributed by atoms with Gasteiger partial charge in [0.25, 0.3) is 10.0 Å². The molecule has 0 bridgehead atoms. The van der Waals surface area contributed by atoms with Gasteiger partial charge >= 0.3 is 11.7 Å². The molecule has 0 aliphatic heterocycles. The van der Waals surface area contributed by atoms with E-state index in [-0.39, 0.29) is 27.6 Å². The number of carbonyl (C=O) groups excluding carboxylic acids is 1. The van der Waals surface area contributed by atoms with Gasteiger partial charge in [-0.05, 0) is 30.3 Å². The minimum atomic E-state index is -4.22. The van der Waals surface area contributed by atoms with Gasteiger partial charge in [0.2, 0.25) is 0 Å². The summed E-state index contributed by atoms with van der Waals surface area (Å²) in [6.45, 7) is 0. The number of methoxy groups -OCH3 is 1. The third kappa shape index (κ3) is 4.08. The highest BCUT2D eigenvalue weighted by Crippen LogP contribution is 2.35. The lowest BCUT2D eigenvalue weighted by molar-refractivity contribution is 0.0596. The van der Waals surface area contributed by atoms with Crippen LogP contribution in [0.15, 0.2) is 76.4 Å². The number of nitrogens with one attached hydrogen (secondary N) is 1. The summed E-state index contributed by atoms with van der Waals surface area (Å²) in [4.78, 5) is 24.3. The molecule has 0 saturated carbocycles. The number of rotatable bonds is 6. The van der Waals surface area contributed by atoms with Crippen molar-refractivity contribution in [2.45, 2.75) is 4.90 Å². The lowest BCUT2D eigenvalue weighted by Crippen LogP contribution is -2.19. The van der Waals surface area contributed by atoms with Crippen molar-refractivity contribution in [1.82, 2.24) is 9.13 Å². The number of esters is 1. The summed E-state index contributed by atoms with van der Waals surface area (Å²) in [7, 11) is 0.161. The maximum Gasteiger partial charge on any atom is 0.339 e. The van der Waals surface area contributed by atoms with Gasteiger partial charge in [-0.2, -0.15) is 0 Å². The molecule has 0 unspecified atom stereocenters. The Bertz CT molecular complexity index is 1520.